The number of methoxy groups -OCH3 is 1. The second-order valence-corrected chi connectivity index (χ2v) is 6.77. The standard InChI is InChI=1S/C16H25BrN2O4/c1-6-22-15(21-5)23-13-8-7-11(9-12(13)17)10-18-14(20)19-16(2,3)4/h7-9,15H,6,10H2,1-5H3,(H2,18,19,20). The third-order valence-corrected chi connectivity index (χ3v) is 3.28. The fourth-order valence-corrected chi connectivity index (χ4v) is 2.23. The fraction of sp³-hybridized carbons (Fsp3) is 0.562. The molecule has 0 radical (unpaired) electrons. The Balaban J connectivity index is 2.60. The van der Waals surface area contributed by atoms with Crippen LogP contribution in [0.25, 0.3) is 0 Å². The predicted octanol–water partition coefficient (Wildman–Crippen LogP) is 3.39. The van der Waals surface area contributed by atoms with Crippen molar-refractivity contribution >= 4 is 22.0 Å². The number of hydrogen-bond acceptors (Lipinski definition) is 4. The van der Waals surface area contributed by atoms with Crippen LogP contribution in [0.2, 0.25) is 0 Å². The van der Waals surface area contributed by atoms with Crippen molar-refractivity contribution in [3.05, 3.63) is 28.2 Å². The highest BCUT2D eigenvalue weighted by molar-refractivity contribution is 9.10. The van der Waals surface area contributed by atoms with Crippen LogP contribution in [0, 0.1) is 0 Å². The van der Waals surface area contributed by atoms with Crippen LogP contribution in [0.15, 0.2) is 22.7 Å². The molecule has 1 aromatic carbocycles. The van der Waals surface area contributed by atoms with Gasteiger partial charge in [0.2, 0.25) is 0 Å². The molecule has 1 aromatic rings. The molecule has 23 heavy (non-hydrogen) atoms. The van der Waals surface area contributed by atoms with Crippen LogP contribution in [0.3, 0.4) is 0 Å². The Hall–Kier alpha value is -1.31. The summed E-state index contributed by atoms with van der Waals surface area (Å²) in [6, 6.07) is 5.35. The second kappa shape index (κ2) is 9.10. The van der Waals surface area contributed by atoms with Crippen molar-refractivity contribution in [1.29, 1.82) is 0 Å². The highest BCUT2D eigenvalue weighted by atomic mass is 79.9. The molecular formula is C16H25BrN2O4. The Kier molecular flexibility index (Phi) is 7.81. The van der Waals surface area contributed by atoms with Crippen molar-refractivity contribution in [2.45, 2.75) is 46.3 Å². The van der Waals surface area contributed by atoms with E-state index in [0.29, 0.717) is 18.9 Å². The minimum atomic E-state index is -0.752. The summed E-state index contributed by atoms with van der Waals surface area (Å²) in [5, 5.41) is 5.66. The van der Waals surface area contributed by atoms with Crippen molar-refractivity contribution in [3.63, 3.8) is 0 Å². The van der Waals surface area contributed by atoms with E-state index in [-0.39, 0.29) is 11.6 Å². The zero-order chi connectivity index (χ0) is 17.5. The molecule has 7 heteroatoms. The van der Waals surface area contributed by atoms with Crippen LogP contribution in [0.4, 0.5) is 4.79 Å². The molecule has 0 spiro atoms. The maximum Gasteiger partial charge on any atom is 0.315 e. The van der Waals surface area contributed by atoms with Crippen molar-refractivity contribution in [3.8, 4) is 5.75 Å². The van der Waals surface area contributed by atoms with Gasteiger partial charge in [-0.1, -0.05) is 6.07 Å². The van der Waals surface area contributed by atoms with E-state index < -0.39 is 6.48 Å². The molecule has 0 heterocycles. The number of urea groups is 1. The monoisotopic (exact) mass is 388 g/mol. The number of benzene rings is 1. The largest absolute Gasteiger partial charge is 0.440 e. The lowest BCUT2D eigenvalue weighted by molar-refractivity contribution is -0.231. The smallest absolute Gasteiger partial charge is 0.315 e. The van der Waals surface area contributed by atoms with Gasteiger partial charge in [0.05, 0.1) is 11.1 Å². The first-order valence-electron chi connectivity index (χ1n) is 7.40. The third kappa shape index (κ3) is 7.67. The van der Waals surface area contributed by atoms with E-state index in [1.807, 2.05) is 39.8 Å². The Morgan fingerprint density at radius 3 is 2.57 bits per heavy atom. The van der Waals surface area contributed by atoms with Gasteiger partial charge in [0.1, 0.15) is 5.75 Å². The second-order valence-electron chi connectivity index (χ2n) is 5.92. The summed E-state index contributed by atoms with van der Waals surface area (Å²) in [6.07, 6.45) is 0. The number of rotatable bonds is 7. The molecule has 0 aromatic heterocycles. The molecule has 1 rings (SSSR count). The van der Waals surface area contributed by atoms with Crippen LogP contribution in [0.5, 0.6) is 5.75 Å². The molecule has 0 aliphatic heterocycles. The molecule has 0 aliphatic rings. The van der Waals surface area contributed by atoms with Gasteiger partial charge in [0, 0.05) is 19.2 Å². The minimum absolute atomic E-state index is 0.204. The topological polar surface area (TPSA) is 68.8 Å². The summed E-state index contributed by atoms with van der Waals surface area (Å²) in [5.74, 6) is 0.605. The predicted molar refractivity (Wildman–Crippen MR) is 92.3 cm³/mol. The SMILES string of the molecule is CCOC(OC)Oc1ccc(CNC(=O)NC(C)(C)C)cc1Br. The van der Waals surface area contributed by atoms with E-state index in [9.17, 15) is 4.79 Å². The first-order valence-corrected chi connectivity index (χ1v) is 8.20. The quantitative estimate of drug-likeness (QED) is 0.702. The summed E-state index contributed by atoms with van der Waals surface area (Å²) in [6.45, 7) is 7.81. The first-order chi connectivity index (χ1) is 10.7. The summed E-state index contributed by atoms with van der Waals surface area (Å²) in [5.41, 5.74) is 0.676. The molecule has 0 saturated heterocycles. The zero-order valence-corrected chi connectivity index (χ0v) is 15.8. The van der Waals surface area contributed by atoms with Gasteiger partial charge in [0.15, 0.2) is 0 Å². The Labute approximate surface area is 146 Å². The zero-order valence-electron chi connectivity index (χ0n) is 14.2. The van der Waals surface area contributed by atoms with Gasteiger partial charge in [0.25, 0.3) is 0 Å². The van der Waals surface area contributed by atoms with Crippen LogP contribution in [0.1, 0.15) is 33.3 Å². The molecule has 2 N–H and O–H groups in total. The molecule has 0 aliphatic carbocycles. The number of amides is 2. The summed E-state index contributed by atoms with van der Waals surface area (Å²) < 4.78 is 16.7. The van der Waals surface area contributed by atoms with E-state index in [1.54, 1.807) is 6.07 Å². The average molecular weight is 389 g/mol. The third-order valence-electron chi connectivity index (χ3n) is 2.66. The molecule has 1 atom stereocenters. The normalized spacial score (nSPS) is 12.6. The van der Waals surface area contributed by atoms with Gasteiger partial charge in [-0.15, -0.1) is 0 Å². The first kappa shape index (κ1) is 19.7. The molecule has 6 nitrogen and oxygen atoms in total. The number of halogens is 1. The fourth-order valence-electron chi connectivity index (χ4n) is 1.71. The minimum Gasteiger partial charge on any atom is -0.440 e. The van der Waals surface area contributed by atoms with Gasteiger partial charge < -0.3 is 24.8 Å². The van der Waals surface area contributed by atoms with Crippen molar-refractivity contribution in [2.24, 2.45) is 0 Å². The number of hydrogen-bond donors (Lipinski definition) is 2. The number of ether oxygens (including phenoxy) is 3. The van der Waals surface area contributed by atoms with E-state index in [1.165, 1.54) is 7.11 Å². The lowest BCUT2D eigenvalue weighted by Crippen LogP contribution is -2.46. The van der Waals surface area contributed by atoms with E-state index in [0.717, 1.165) is 10.0 Å². The van der Waals surface area contributed by atoms with E-state index in [4.69, 9.17) is 14.2 Å². The number of carbonyl (C=O) groups excluding carboxylic acids is 1. The summed E-state index contributed by atoms with van der Waals surface area (Å²) in [4.78, 5) is 11.7. The Bertz CT molecular complexity index is 517. The maximum absolute atomic E-state index is 11.7. The van der Waals surface area contributed by atoms with Crippen molar-refractivity contribution in [2.75, 3.05) is 13.7 Å². The highest BCUT2D eigenvalue weighted by Crippen LogP contribution is 2.27. The maximum atomic E-state index is 11.7. The lowest BCUT2D eigenvalue weighted by atomic mass is 10.1. The van der Waals surface area contributed by atoms with Gasteiger partial charge in [-0.05, 0) is 61.3 Å². The molecule has 1 unspecified atom stereocenters. The molecular weight excluding hydrogens is 364 g/mol. The van der Waals surface area contributed by atoms with Gasteiger partial charge in [-0.3, -0.25) is 0 Å². The van der Waals surface area contributed by atoms with Crippen molar-refractivity contribution < 1.29 is 19.0 Å². The number of carbonyl (C=O) groups is 1. The van der Waals surface area contributed by atoms with Crippen LogP contribution in [-0.2, 0) is 16.0 Å². The van der Waals surface area contributed by atoms with Gasteiger partial charge in [-0.25, -0.2) is 4.79 Å². The van der Waals surface area contributed by atoms with E-state index >= 15 is 0 Å². The average Bonchev–Trinajstić information content (AvgIpc) is 2.45. The van der Waals surface area contributed by atoms with Gasteiger partial charge in [-0.2, -0.15) is 0 Å². The molecule has 0 saturated carbocycles. The van der Waals surface area contributed by atoms with Crippen LogP contribution in [-0.4, -0.2) is 31.8 Å². The molecule has 0 fully saturated rings. The van der Waals surface area contributed by atoms with Crippen LogP contribution >= 0.6 is 15.9 Å². The number of nitrogens with one attached hydrogen (secondary N) is 2. The lowest BCUT2D eigenvalue weighted by Gasteiger charge is -2.21. The summed E-state index contributed by atoms with van der Waals surface area (Å²) in [7, 11) is 1.51. The van der Waals surface area contributed by atoms with E-state index in [2.05, 4.69) is 26.6 Å². The van der Waals surface area contributed by atoms with Crippen LogP contribution < -0.4 is 15.4 Å². The molecule has 0 bridgehead atoms. The van der Waals surface area contributed by atoms with Crippen molar-refractivity contribution in [1.82, 2.24) is 10.6 Å². The molecule has 130 valence electrons. The summed E-state index contributed by atoms with van der Waals surface area (Å²) >= 11 is 3.45. The van der Waals surface area contributed by atoms with Gasteiger partial charge >= 0.3 is 12.5 Å². The Morgan fingerprint density at radius 1 is 1.35 bits per heavy atom. The highest BCUT2D eigenvalue weighted by Gasteiger charge is 2.14. The Morgan fingerprint density at radius 2 is 2.04 bits per heavy atom. The molecule has 2 amide bonds.